The molecule has 0 saturated heterocycles. The van der Waals surface area contributed by atoms with Crippen molar-refractivity contribution in [3.05, 3.63) is 0 Å². The number of imide groups is 1. The van der Waals surface area contributed by atoms with E-state index in [0.29, 0.717) is 0 Å². The molecule has 0 aromatic carbocycles. The summed E-state index contributed by atoms with van der Waals surface area (Å²) in [6.07, 6.45) is 1.90. The lowest BCUT2D eigenvalue weighted by Crippen LogP contribution is -2.35. The highest BCUT2D eigenvalue weighted by Crippen LogP contribution is 1.92. The van der Waals surface area contributed by atoms with Crippen LogP contribution in [0.5, 0.6) is 0 Å². The molecule has 0 aromatic rings. The van der Waals surface area contributed by atoms with Crippen molar-refractivity contribution in [3.63, 3.8) is 0 Å². The van der Waals surface area contributed by atoms with Crippen molar-refractivity contribution in [2.45, 2.75) is 6.42 Å². The van der Waals surface area contributed by atoms with Crippen molar-refractivity contribution in [2.75, 3.05) is 6.54 Å². The van der Waals surface area contributed by atoms with Crippen molar-refractivity contribution < 1.29 is 19.8 Å². The lowest BCUT2D eigenvalue weighted by Gasteiger charge is -2.10. The van der Waals surface area contributed by atoms with Gasteiger partial charge in [0.25, 0.3) is 0 Å². The van der Waals surface area contributed by atoms with E-state index in [2.05, 4.69) is 5.92 Å². The molecule has 5 nitrogen and oxygen atoms in total. The van der Waals surface area contributed by atoms with Gasteiger partial charge in [0.05, 0.1) is 0 Å². The third-order valence-corrected chi connectivity index (χ3v) is 0.942. The zero-order valence-electron chi connectivity index (χ0n) is 5.65. The zero-order valence-corrected chi connectivity index (χ0v) is 5.65. The lowest BCUT2D eigenvalue weighted by molar-refractivity contribution is 0.124. The molecule has 11 heavy (non-hydrogen) atoms. The van der Waals surface area contributed by atoms with E-state index < -0.39 is 12.2 Å². The Balaban J connectivity index is 4.03. The first-order valence-electron chi connectivity index (χ1n) is 2.76. The molecule has 2 amide bonds. The summed E-state index contributed by atoms with van der Waals surface area (Å²) in [5, 5.41) is 16.5. The van der Waals surface area contributed by atoms with E-state index in [1.54, 1.807) is 0 Å². The Bertz CT molecular complexity index is 191. The van der Waals surface area contributed by atoms with Gasteiger partial charge >= 0.3 is 12.2 Å². The number of rotatable bonds is 2. The second-order valence-electron chi connectivity index (χ2n) is 1.67. The van der Waals surface area contributed by atoms with Gasteiger partial charge in [-0.3, -0.25) is 0 Å². The molecule has 0 spiro atoms. The van der Waals surface area contributed by atoms with Crippen molar-refractivity contribution >= 4 is 12.2 Å². The van der Waals surface area contributed by atoms with Gasteiger partial charge in [-0.25, -0.2) is 14.5 Å². The molecule has 0 saturated carbocycles. The monoisotopic (exact) mass is 157 g/mol. The predicted molar refractivity (Wildman–Crippen MR) is 36.2 cm³/mol. The molecule has 0 heterocycles. The highest BCUT2D eigenvalue weighted by Gasteiger charge is 2.17. The van der Waals surface area contributed by atoms with E-state index >= 15 is 0 Å². The number of amides is 2. The van der Waals surface area contributed by atoms with Gasteiger partial charge in [0.1, 0.15) is 0 Å². The highest BCUT2D eigenvalue weighted by molar-refractivity contribution is 5.85. The van der Waals surface area contributed by atoms with Crippen LogP contribution in [0.4, 0.5) is 9.59 Å². The lowest BCUT2D eigenvalue weighted by atomic mass is 10.4. The van der Waals surface area contributed by atoms with Gasteiger partial charge in [-0.2, -0.15) is 0 Å². The third kappa shape index (κ3) is 3.11. The van der Waals surface area contributed by atoms with E-state index in [4.69, 9.17) is 16.6 Å². The van der Waals surface area contributed by atoms with Crippen LogP contribution in [0.2, 0.25) is 0 Å². The summed E-state index contributed by atoms with van der Waals surface area (Å²) in [6.45, 7) is -0.179. The van der Waals surface area contributed by atoms with Gasteiger partial charge in [0.2, 0.25) is 0 Å². The van der Waals surface area contributed by atoms with Crippen molar-refractivity contribution in [1.29, 1.82) is 0 Å². The number of nitrogens with zero attached hydrogens (tertiary/aromatic N) is 1. The Hall–Kier alpha value is -1.70. The molecule has 0 fully saturated rings. The van der Waals surface area contributed by atoms with Crippen molar-refractivity contribution in [1.82, 2.24) is 4.90 Å². The second-order valence-corrected chi connectivity index (χ2v) is 1.67. The Labute approximate surface area is 63.2 Å². The first-order chi connectivity index (χ1) is 5.09. The van der Waals surface area contributed by atoms with Crippen LogP contribution in [0.1, 0.15) is 6.42 Å². The van der Waals surface area contributed by atoms with Crippen molar-refractivity contribution in [2.24, 2.45) is 0 Å². The number of carboxylic acid groups (broad SMARTS) is 2. The second kappa shape index (κ2) is 4.17. The quantitative estimate of drug-likeness (QED) is 0.577. The minimum absolute atomic E-state index is 0.0958. The van der Waals surface area contributed by atoms with Crippen LogP contribution in [0.25, 0.3) is 0 Å². The Morgan fingerprint density at radius 3 is 2.09 bits per heavy atom. The maximum Gasteiger partial charge on any atom is 0.416 e. The summed E-state index contributed by atoms with van der Waals surface area (Å²) in [5.74, 6) is 2.14. The smallest absolute Gasteiger partial charge is 0.416 e. The Kier molecular flexibility index (Phi) is 3.52. The van der Waals surface area contributed by atoms with E-state index in [1.165, 1.54) is 0 Å². The van der Waals surface area contributed by atoms with E-state index in [-0.39, 0.29) is 17.9 Å². The molecule has 0 bridgehead atoms. The third-order valence-electron chi connectivity index (χ3n) is 0.942. The van der Waals surface area contributed by atoms with Gasteiger partial charge in [0, 0.05) is 13.0 Å². The number of carbonyl (C=O) groups is 2. The summed E-state index contributed by atoms with van der Waals surface area (Å²) in [6, 6.07) is 0. The minimum atomic E-state index is -1.51. The summed E-state index contributed by atoms with van der Waals surface area (Å²) < 4.78 is 0. The minimum Gasteiger partial charge on any atom is -0.465 e. The molecule has 60 valence electrons. The fourth-order valence-electron chi connectivity index (χ4n) is 0.449. The molecule has 0 aliphatic heterocycles. The van der Waals surface area contributed by atoms with E-state index in [0.717, 1.165) is 0 Å². The molecular formula is C6H7NO4. The molecule has 0 aliphatic rings. The number of terminal acetylenes is 1. The molecule has 5 heteroatoms. The maximum absolute atomic E-state index is 10.1. The predicted octanol–water partition coefficient (Wildman–Crippen LogP) is 0.668. The van der Waals surface area contributed by atoms with Crippen LogP contribution >= 0.6 is 0 Å². The van der Waals surface area contributed by atoms with Crippen LogP contribution in [-0.4, -0.2) is 33.8 Å². The SMILES string of the molecule is C#CCCN(C(=O)O)C(=O)O. The standard InChI is InChI=1S/C6H7NO4/c1-2-3-4-7(5(8)9)6(10)11/h1H,3-4H2,(H,8,9)(H,10,11). The Morgan fingerprint density at radius 1 is 1.36 bits per heavy atom. The van der Waals surface area contributed by atoms with Gasteiger partial charge in [-0.15, -0.1) is 12.3 Å². The normalized spacial score (nSPS) is 8.27. The first-order valence-corrected chi connectivity index (χ1v) is 2.76. The highest BCUT2D eigenvalue weighted by atomic mass is 16.4. The maximum atomic E-state index is 10.1. The van der Waals surface area contributed by atoms with Gasteiger partial charge < -0.3 is 10.2 Å². The molecule has 0 atom stereocenters. The molecule has 2 N–H and O–H groups in total. The van der Waals surface area contributed by atoms with Gasteiger partial charge in [-0.05, 0) is 0 Å². The van der Waals surface area contributed by atoms with Gasteiger partial charge in [-0.1, -0.05) is 0 Å². The molecule has 0 aliphatic carbocycles. The largest absolute Gasteiger partial charge is 0.465 e. The van der Waals surface area contributed by atoms with Crippen LogP contribution < -0.4 is 0 Å². The fraction of sp³-hybridized carbons (Fsp3) is 0.333. The van der Waals surface area contributed by atoms with Crippen LogP contribution in [0, 0.1) is 12.3 Å². The topological polar surface area (TPSA) is 77.8 Å². The molecule has 0 radical (unpaired) electrons. The van der Waals surface area contributed by atoms with Crippen LogP contribution in [-0.2, 0) is 0 Å². The van der Waals surface area contributed by atoms with E-state index in [1.807, 2.05) is 0 Å². The zero-order chi connectivity index (χ0) is 8.85. The fourth-order valence-corrected chi connectivity index (χ4v) is 0.449. The van der Waals surface area contributed by atoms with Gasteiger partial charge in [0.15, 0.2) is 0 Å². The summed E-state index contributed by atoms with van der Waals surface area (Å²) in [4.78, 5) is 20.5. The number of hydrogen-bond acceptors (Lipinski definition) is 2. The summed E-state index contributed by atoms with van der Waals surface area (Å²) in [7, 11) is 0. The molecule has 0 aromatic heterocycles. The summed E-state index contributed by atoms with van der Waals surface area (Å²) >= 11 is 0. The molecule has 0 unspecified atom stereocenters. The van der Waals surface area contributed by atoms with E-state index in [9.17, 15) is 9.59 Å². The summed E-state index contributed by atoms with van der Waals surface area (Å²) in [5.41, 5.74) is 0. The van der Waals surface area contributed by atoms with Crippen LogP contribution in [0.15, 0.2) is 0 Å². The van der Waals surface area contributed by atoms with Crippen LogP contribution in [0.3, 0.4) is 0 Å². The number of hydrogen-bond donors (Lipinski definition) is 2. The van der Waals surface area contributed by atoms with Crippen molar-refractivity contribution in [3.8, 4) is 12.3 Å². The molecular weight excluding hydrogens is 150 g/mol. The Morgan fingerprint density at radius 2 is 1.82 bits per heavy atom. The average Bonchev–Trinajstić information content (AvgIpc) is 1.87. The average molecular weight is 157 g/mol. The first kappa shape index (κ1) is 9.30. The molecule has 0 rings (SSSR count).